The third kappa shape index (κ3) is 4.68. The van der Waals surface area contributed by atoms with Crippen molar-refractivity contribution in [1.82, 2.24) is 0 Å². The van der Waals surface area contributed by atoms with Gasteiger partial charge in [0.15, 0.2) is 11.9 Å². The first kappa shape index (κ1) is 14.3. The van der Waals surface area contributed by atoms with Gasteiger partial charge in [-0.05, 0) is 13.8 Å². The lowest BCUT2D eigenvalue weighted by Crippen LogP contribution is -2.35. The molecule has 0 aliphatic heterocycles. The molecule has 1 N–H and O–H groups in total. The Hall–Kier alpha value is -1.72. The second-order valence-electron chi connectivity index (χ2n) is 3.45. The van der Waals surface area contributed by atoms with Crippen LogP contribution in [0.5, 0.6) is 0 Å². The molecule has 6 heteroatoms. The monoisotopic (exact) mass is 230 g/mol. The van der Waals surface area contributed by atoms with Crippen LogP contribution in [0.1, 0.15) is 27.2 Å². The van der Waals surface area contributed by atoms with Crippen LogP contribution in [0.25, 0.3) is 0 Å². The molecule has 0 fully saturated rings. The average Bonchev–Trinajstić information content (AvgIpc) is 2.11. The number of carbonyl (C=O) groups is 4. The summed E-state index contributed by atoms with van der Waals surface area (Å²) in [5.41, 5.74) is 0. The van der Waals surface area contributed by atoms with Crippen LogP contribution in [-0.2, 0) is 23.9 Å². The summed E-state index contributed by atoms with van der Waals surface area (Å²) >= 11 is 0. The van der Waals surface area contributed by atoms with Crippen molar-refractivity contribution in [3.8, 4) is 0 Å². The van der Waals surface area contributed by atoms with Crippen LogP contribution in [0.2, 0.25) is 0 Å². The van der Waals surface area contributed by atoms with Crippen LogP contribution in [0.15, 0.2) is 0 Å². The molecule has 0 bridgehead atoms. The van der Waals surface area contributed by atoms with Crippen molar-refractivity contribution in [2.45, 2.75) is 33.3 Å². The van der Waals surface area contributed by atoms with Gasteiger partial charge in [0.05, 0.1) is 0 Å². The quantitative estimate of drug-likeness (QED) is 0.516. The summed E-state index contributed by atoms with van der Waals surface area (Å²) in [7, 11) is 0. The molecule has 0 saturated heterocycles. The van der Waals surface area contributed by atoms with Crippen molar-refractivity contribution in [1.29, 1.82) is 0 Å². The summed E-state index contributed by atoms with van der Waals surface area (Å²) in [5, 5.41) is 8.76. The maximum Gasteiger partial charge on any atom is 0.314 e. The molecule has 0 rings (SSSR count). The summed E-state index contributed by atoms with van der Waals surface area (Å²) in [5.74, 6) is -4.70. The minimum Gasteiger partial charge on any atom is -0.481 e. The maximum atomic E-state index is 11.5. The van der Waals surface area contributed by atoms with Crippen molar-refractivity contribution >= 4 is 23.5 Å². The zero-order valence-corrected chi connectivity index (χ0v) is 9.35. The predicted octanol–water partition coefficient (Wildman–Crippen LogP) is 0.187. The lowest BCUT2D eigenvalue weighted by Gasteiger charge is -2.15. The highest BCUT2D eigenvalue weighted by molar-refractivity contribution is 6.03. The Morgan fingerprint density at radius 1 is 1.19 bits per heavy atom. The molecule has 0 aromatic carbocycles. The normalized spacial score (nSPS) is 13.7. The Bertz CT molecular complexity index is 319. The molecule has 0 aliphatic carbocycles. The first-order chi connectivity index (χ1) is 7.25. The van der Waals surface area contributed by atoms with Gasteiger partial charge in [-0.2, -0.15) is 0 Å². The Morgan fingerprint density at radius 3 is 2.00 bits per heavy atom. The van der Waals surface area contributed by atoms with E-state index in [1.165, 1.54) is 13.8 Å². The fourth-order valence-electron chi connectivity index (χ4n) is 1.19. The molecule has 0 radical (unpaired) electrons. The van der Waals surface area contributed by atoms with Gasteiger partial charge < -0.3 is 9.84 Å². The van der Waals surface area contributed by atoms with Gasteiger partial charge in [0.25, 0.3) is 0 Å². The van der Waals surface area contributed by atoms with E-state index in [1.807, 2.05) is 0 Å². The topological polar surface area (TPSA) is 97.7 Å². The van der Waals surface area contributed by atoms with E-state index in [4.69, 9.17) is 5.11 Å². The van der Waals surface area contributed by atoms with E-state index in [0.29, 0.717) is 0 Å². The van der Waals surface area contributed by atoms with Crippen LogP contribution in [0.3, 0.4) is 0 Å². The van der Waals surface area contributed by atoms with Gasteiger partial charge in [-0.3, -0.25) is 19.2 Å². The number of carboxylic acids is 1. The van der Waals surface area contributed by atoms with E-state index >= 15 is 0 Å². The predicted molar refractivity (Wildman–Crippen MR) is 52.7 cm³/mol. The second-order valence-corrected chi connectivity index (χ2v) is 3.45. The Labute approximate surface area is 92.6 Å². The van der Waals surface area contributed by atoms with Crippen LogP contribution >= 0.6 is 0 Å². The number of ketones is 2. The molecule has 90 valence electrons. The van der Waals surface area contributed by atoms with Gasteiger partial charge in [-0.15, -0.1) is 0 Å². The number of ether oxygens (including phenoxy) is 1. The summed E-state index contributed by atoms with van der Waals surface area (Å²) in [4.78, 5) is 43.7. The zero-order valence-electron chi connectivity index (χ0n) is 9.35. The van der Waals surface area contributed by atoms with E-state index in [2.05, 4.69) is 4.74 Å². The van der Waals surface area contributed by atoms with Crippen LogP contribution in [0.4, 0.5) is 0 Å². The minimum atomic E-state index is -1.45. The fourth-order valence-corrected chi connectivity index (χ4v) is 1.19. The van der Waals surface area contributed by atoms with E-state index in [-0.39, 0.29) is 6.42 Å². The third-order valence-corrected chi connectivity index (χ3v) is 1.88. The number of rotatable bonds is 6. The Balaban J connectivity index is 4.67. The second kappa shape index (κ2) is 5.99. The molecule has 0 saturated carbocycles. The number of carboxylic acid groups (broad SMARTS) is 1. The highest BCUT2D eigenvalue weighted by Gasteiger charge is 2.32. The van der Waals surface area contributed by atoms with Gasteiger partial charge in [-0.25, -0.2) is 0 Å². The third-order valence-electron chi connectivity index (χ3n) is 1.88. The van der Waals surface area contributed by atoms with E-state index in [9.17, 15) is 19.2 Å². The van der Waals surface area contributed by atoms with Crippen molar-refractivity contribution in [2.24, 2.45) is 5.92 Å². The van der Waals surface area contributed by atoms with Crippen molar-refractivity contribution in [3.05, 3.63) is 0 Å². The number of carbonyl (C=O) groups excluding carboxylic acids is 3. The molecule has 6 nitrogen and oxygen atoms in total. The van der Waals surface area contributed by atoms with Crippen LogP contribution < -0.4 is 0 Å². The SMILES string of the molecule is CC(=O)CC(C(=O)O)C(=O)C(C)OC(C)=O. The average molecular weight is 230 g/mol. The number of aliphatic carboxylic acids is 1. The molecular weight excluding hydrogens is 216 g/mol. The number of esters is 1. The highest BCUT2D eigenvalue weighted by atomic mass is 16.5. The fraction of sp³-hybridized carbons (Fsp3) is 0.600. The van der Waals surface area contributed by atoms with Crippen LogP contribution in [0, 0.1) is 5.92 Å². The number of hydrogen-bond donors (Lipinski definition) is 1. The summed E-state index contributed by atoms with van der Waals surface area (Å²) < 4.78 is 4.56. The van der Waals surface area contributed by atoms with Gasteiger partial charge in [0.1, 0.15) is 11.7 Å². The molecule has 0 aromatic heterocycles. The first-order valence-electron chi connectivity index (χ1n) is 4.69. The summed E-state index contributed by atoms with van der Waals surface area (Å²) in [6.45, 7) is 3.59. The van der Waals surface area contributed by atoms with Crippen molar-refractivity contribution in [2.75, 3.05) is 0 Å². The summed E-state index contributed by atoms with van der Waals surface area (Å²) in [6.07, 6.45) is -1.54. The Kier molecular flexibility index (Phi) is 5.35. The smallest absolute Gasteiger partial charge is 0.314 e. The van der Waals surface area contributed by atoms with E-state index in [1.54, 1.807) is 0 Å². The zero-order chi connectivity index (χ0) is 12.9. The van der Waals surface area contributed by atoms with Gasteiger partial charge in [0, 0.05) is 13.3 Å². The van der Waals surface area contributed by atoms with Crippen molar-refractivity contribution in [3.63, 3.8) is 0 Å². The van der Waals surface area contributed by atoms with Gasteiger partial charge in [0.2, 0.25) is 0 Å². The van der Waals surface area contributed by atoms with E-state index < -0.39 is 35.5 Å². The lowest BCUT2D eigenvalue weighted by molar-refractivity contribution is -0.158. The molecular formula is C10H14O6. The lowest BCUT2D eigenvalue weighted by atomic mass is 9.95. The van der Waals surface area contributed by atoms with Gasteiger partial charge in [-0.1, -0.05) is 0 Å². The molecule has 0 aromatic rings. The molecule has 2 atom stereocenters. The largest absolute Gasteiger partial charge is 0.481 e. The molecule has 0 spiro atoms. The van der Waals surface area contributed by atoms with Gasteiger partial charge >= 0.3 is 11.9 Å². The standard InChI is InChI=1S/C10H14O6/c1-5(11)4-8(10(14)15)9(13)6(2)16-7(3)12/h6,8H,4H2,1-3H3,(H,14,15). The number of hydrogen-bond acceptors (Lipinski definition) is 5. The Morgan fingerprint density at radius 2 is 1.69 bits per heavy atom. The highest BCUT2D eigenvalue weighted by Crippen LogP contribution is 2.11. The maximum absolute atomic E-state index is 11.5. The molecule has 16 heavy (non-hydrogen) atoms. The molecule has 0 heterocycles. The molecule has 0 aliphatic rings. The summed E-state index contributed by atoms with van der Waals surface area (Å²) in [6, 6.07) is 0. The van der Waals surface area contributed by atoms with Crippen molar-refractivity contribution < 1.29 is 29.0 Å². The van der Waals surface area contributed by atoms with Crippen LogP contribution in [-0.4, -0.2) is 34.7 Å². The minimum absolute atomic E-state index is 0.389. The molecule has 2 unspecified atom stereocenters. The number of Topliss-reactive ketones (excluding diaryl/α,β-unsaturated/α-hetero) is 2. The van der Waals surface area contributed by atoms with E-state index in [0.717, 1.165) is 6.92 Å². The molecule has 0 amide bonds. The first-order valence-corrected chi connectivity index (χ1v) is 4.69.